The number of likely N-dealkylation sites (N-methyl/N-ethyl adjacent to an activating group) is 1. The highest BCUT2D eigenvalue weighted by Gasteiger charge is 2.44. The van der Waals surface area contributed by atoms with Crippen molar-refractivity contribution in [3.05, 3.63) is 0 Å². The molecule has 5 heteroatoms. The molecule has 18 heavy (non-hydrogen) atoms. The van der Waals surface area contributed by atoms with Crippen molar-refractivity contribution in [3.63, 3.8) is 0 Å². The number of piperazine rings is 1. The Morgan fingerprint density at radius 2 is 2.06 bits per heavy atom. The zero-order valence-corrected chi connectivity index (χ0v) is 11.9. The topological polar surface area (TPSA) is 60.9 Å². The molecule has 1 atom stereocenters. The number of hydrogen-bond acceptors (Lipinski definition) is 3. The van der Waals surface area contributed by atoms with Crippen LogP contribution in [0.25, 0.3) is 0 Å². The van der Waals surface area contributed by atoms with Gasteiger partial charge in [0, 0.05) is 25.7 Å². The number of hydrogen-bond donors (Lipinski definition) is 1. The van der Waals surface area contributed by atoms with E-state index in [1.54, 1.807) is 11.9 Å². The van der Waals surface area contributed by atoms with Gasteiger partial charge in [-0.3, -0.25) is 14.5 Å². The van der Waals surface area contributed by atoms with Gasteiger partial charge in [0.2, 0.25) is 5.91 Å². The van der Waals surface area contributed by atoms with Crippen LogP contribution in [-0.4, -0.2) is 58.5 Å². The lowest BCUT2D eigenvalue weighted by Gasteiger charge is -2.50. The number of carbonyl (C=O) groups excluding carboxylic acids is 1. The number of aliphatic carboxylic acids is 1. The summed E-state index contributed by atoms with van der Waals surface area (Å²) in [5.41, 5.74) is -0.187. The molecule has 1 saturated heterocycles. The standard InChI is InChI=1S/C13H24N2O3/c1-9(2)7-15-10(6-11(16)17)12(18)14(5)8-13(15,3)4/h9-10H,6-8H2,1-5H3,(H,16,17). The Kier molecular flexibility index (Phi) is 4.37. The van der Waals surface area contributed by atoms with Gasteiger partial charge in [-0.1, -0.05) is 13.8 Å². The van der Waals surface area contributed by atoms with E-state index in [9.17, 15) is 9.59 Å². The van der Waals surface area contributed by atoms with Gasteiger partial charge in [-0.15, -0.1) is 0 Å². The van der Waals surface area contributed by atoms with E-state index < -0.39 is 12.0 Å². The minimum Gasteiger partial charge on any atom is -0.481 e. The minimum atomic E-state index is -0.923. The molecule has 0 aliphatic carbocycles. The van der Waals surface area contributed by atoms with Crippen LogP contribution in [0.15, 0.2) is 0 Å². The Morgan fingerprint density at radius 3 is 2.50 bits per heavy atom. The molecule has 1 amide bonds. The van der Waals surface area contributed by atoms with E-state index in [2.05, 4.69) is 27.7 Å². The van der Waals surface area contributed by atoms with Gasteiger partial charge in [-0.05, 0) is 19.8 Å². The van der Waals surface area contributed by atoms with Crippen LogP contribution >= 0.6 is 0 Å². The van der Waals surface area contributed by atoms with Crippen molar-refractivity contribution in [2.24, 2.45) is 5.92 Å². The molecule has 0 aromatic heterocycles. The fourth-order valence-corrected chi connectivity index (χ4v) is 2.69. The third kappa shape index (κ3) is 3.22. The third-order valence-electron chi connectivity index (χ3n) is 3.37. The predicted octanol–water partition coefficient (Wildman–Crippen LogP) is 1.04. The second-order valence-electron chi connectivity index (χ2n) is 6.17. The van der Waals surface area contributed by atoms with Crippen molar-refractivity contribution < 1.29 is 14.7 Å². The zero-order chi connectivity index (χ0) is 14.1. The van der Waals surface area contributed by atoms with E-state index in [1.165, 1.54) is 0 Å². The van der Waals surface area contributed by atoms with Crippen LogP contribution in [0, 0.1) is 5.92 Å². The first-order chi connectivity index (χ1) is 8.15. The van der Waals surface area contributed by atoms with Crippen LogP contribution in [0.5, 0.6) is 0 Å². The van der Waals surface area contributed by atoms with Gasteiger partial charge in [-0.25, -0.2) is 0 Å². The molecule has 0 saturated carbocycles. The number of carbonyl (C=O) groups is 2. The Labute approximate surface area is 109 Å². The third-order valence-corrected chi connectivity index (χ3v) is 3.37. The van der Waals surface area contributed by atoms with Crippen LogP contribution in [0.3, 0.4) is 0 Å². The maximum absolute atomic E-state index is 12.2. The average Bonchev–Trinajstić information content (AvgIpc) is 2.18. The highest BCUT2D eigenvalue weighted by atomic mass is 16.4. The monoisotopic (exact) mass is 256 g/mol. The summed E-state index contributed by atoms with van der Waals surface area (Å²) in [4.78, 5) is 26.8. The summed E-state index contributed by atoms with van der Waals surface area (Å²) in [6.45, 7) is 9.66. The highest BCUT2D eigenvalue weighted by Crippen LogP contribution is 2.28. The first-order valence-electron chi connectivity index (χ1n) is 6.38. The number of rotatable bonds is 4. The molecule has 0 aromatic rings. The number of amides is 1. The lowest BCUT2D eigenvalue weighted by Crippen LogP contribution is -2.66. The summed E-state index contributed by atoms with van der Waals surface area (Å²) >= 11 is 0. The van der Waals surface area contributed by atoms with Gasteiger partial charge in [0.1, 0.15) is 6.04 Å². The average molecular weight is 256 g/mol. The first kappa shape index (κ1) is 15.0. The normalized spacial score (nSPS) is 24.7. The molecule has 0 bridgehead atoms. The van der Waals surface area contributed by atoms with E-state index in [0.717, 1.165) is 6.54 Å². The van der Waals surface area contributed by atoms with Crippen molar-refractivity contribution in [3.8, 4) is 0 Å². The van der Waals surface area contributed by atoms with Crippen LogP contribution in [0.1, 0.15) is 34.1 Å². The molecule has 1 aliphatic heterocycles. The van der Waals surface area contributed by atoms with E-state index in [1.807, 2.05) is 4.90 Å². The summed E-state index contributed by atoms with van der Waals surface area (Å²) in [6.07, 6.45) is -0.126. The fourth-order valence-electron chi connectivity index (χ4n) is 2.69. The molecule has 0 spiro atoms. The molecule has 0 radical (unpaired) electrons. The smallest absolute Gasteiger partial charge is 0.305 e. The van der Waals surface area contributed by atoms with E-state index in [4.69, 9.17) is 5.11 Å². The maximum Gasteiger partial charge on any atom is 0.305 e. The maximum atomic E-state index is 12.2. The fraction of sp³-hybridized carbons (Fsp3) is 0.846. The predicted molar refractivity (Wildman–Crippen MR) is 69.3 cm³/mol. The van der Waals surface area contributed by atoms with Gasteiger partial charge in [-0.2, -0.15) is 0 Å². The zero-order valence-electron chi connectivity index (χ0n) is 11.9. The molecular weight excluding hydrogens is 232 g/mol. The lowest BCUT2D eigenvalue weighted by molar-refractivity contribution is -0.155. The number of carboxylic acids is 1. The summed E-state index contributed by atoms with van der Waals surface area (Å²) in [5.74, 6) is -0.609. The molecular formula is C13H24N2O3. The first-order valence-corrected chi connectivity index (χ1v) is 6.38. The second-order valence-corrected chi connectivity index (χ2v) is 6.17. The van der Waals surface area contributed by atoms with Crippen molar-refractivity contribution in [1.29, 1.82) is 0 Å². The molecule has 1 N–H and O–H groups in total. The number of nitrogens with zero attached hydrogens (tertiary/aromatic N) is 2. The summed E-state index contributed by atoms with van der Waals surface area (Å²) in [6, 6.07) is -0.543. The van der Waals surface area contributed by atoms with E-state index >= 15 is 0 Å². The quantitative estimate of drug-likeness (QED) is 0.816. The molecule has 104 valence electrons. The Balaban J connectivity index is 3.01. The van der Waals surface area contributed by atoms with Gasteiger partial charge in [0.25, 0.3) is 0 Å². The van der Waals surface area contributed by atoms with Gasteiger partial charge < -0.3 is 10.0 Å². The lowest BCUT2D eigenvalue weighted by atomic mass is 9.91. The van der Waals surface area contributed by atoms with Crippen molar-refractivity contribution in [1.82, 2.24) is 9.80 Å². The minimum absolute atomic E-state index is 0.0858. The van der Waals surface area contributed by atoms with Crippen molar-refractivity contribution in [2.75, 3.05) is 20.1 Å². The van der Waals surface area contributed by atoms with Gasteiger partial charge in [0.15, 0.2) is 0 Å². The van der Waals surface area contributed by atoms with E-state index in [-0.39, 0.29) is 17.9 Å². The largest absolute Gasteiger partial charge is 0.481 e. The van der Waals surface area contributed by atoms with Crippen LogP contribution < -0.4 is 0 Å². The molecule has 1 rings (SSSR count). The SMILES string of the molecule is CC(C)CN1C(CC(=O)O)C(=O)N(C)CC1(C)C. The van der Waals surface area contributed by atoms with Gasteiger partial charge in [0.05, 0.1) is 6.42 Å². The molecule has 0 aromatic carbocycles. The second kappa shape index (κ2) is 5.26. The molecule has 1 fully saturated rings. The molecule has 1 unspecified atom stereocenters. The Bertz CT molecular complexity index is 339. The van der Waals surface area contributed by atoms with E-state index in [0.29, 0.717) is 12.5 Å². The molecule has 1 heterocycles. The highest BCUT2D eigenvalue weighted by molar-refractivity contribution is 5.87. The molecule has 5 nitrogen and oxygen atoms in total. The Hall–Kier alpha value is -1.10. The van der Waals surface area contributed by atoms with Gasteiger partial charge >= 0.3 is 5.97 Å². The van der Waals surface area contributed by atoms with Crippen molar-refractivity contribution in [2.45, 2.75) is 45.7 Å². The van der Waals surface area contributed by atoms with Crippen LogP contribution in [0.4, 0.5) is 0 Å². The molecule has 1 aliphatic rings. The van der Waals surface area contributed by atoms with Crippen molar-refractivity contribution >= 4 is 11.9 Å². The Morgan fingerprint density at radius 1 is 1.50 bits per heavy atom. The summed E-state index contributed by atoms with van der Waals surface area (Å²) in [5, 5.41) is 8.99. The number of carboxylic acid groups (broad SMARTS) is 1. The summed E-state index contributed by atoms with van der Waals surface area (Å²) in [7, 11) is 1.74. The summed E-state index contributed by atoms with van der Waals surface area (Å²) < 4.78 is 0. The van der Waals surface area contributed by atoms with Crippen LogP contribution in [0.2, 0.25) is 0 Å². The van der Waals surface area contributed by atoms with Crippen LogP contribution in [-0.2, 0) is 9.59 Å².